The third-order valence-electron chi connectivity index (χ3n) is 3.09. The normalized spacial score (nSPS) is 10.2. The molecular weight excluding hydrogens is 222 g/mol. The van der Waals surface area contributed by atoms with E-state index >= 15 is 0 Å². The van der Waals surface area contributed by atoms with Crippen LogP contribution in [0.25, 0.3) is 11.1 Å². The lowest BCUT2D eigenvalue weighted by molar-refractivity contribution is 0.413. The third-order valence-corrected chi connectivity index (χ3v) is 3.09. The van der Waals surface area contributed by atoms with Crippen LogP contribution in [0.4, 0.5) is 5.69 Å². The van der Waals surface area contributed by atoms with E-state index in [9.17, 15) is 0 Å². The summed E-state index contributed by atoms with van der Waals surface area (Å²) < 4.78 is 5.54. The number of methoxy groups -OCH3 is 1. The SMILES string of the molecule is CNc1cccc(-c2cc(C)cc(C)c2OC)c1. The number of ether oxygens (including phenoxy) is 1. The van der Waals surface area contributed by atoms with Crippen LogP contribution < -0.4 is 10.1 Å². The van der Waals surface area contributed by atoms with E-state index in [4.69, 9.17) is 4.74 Å². The van der Waals surface area contributed by atoms with Crippen LogP contribution in [0, 0.1) is 13.8 Å². The highest BCUT2D eigenvalue weighted by molar-refractivity contribution is 5.75. The Balaban J connectivity index is 2.61. The molecule has 0 saturated carbocycles. The predicted molar refractivity (Wildman–Crippen MR) is 77.5 cm³/mol. The first-order valence-corrected chi connectivity index (χ1v) is 6.09. The van der Waals surface area contributed by atoms with Crippen LogP contribution in [0.15, 0.2) is 36.4 Å². The van der Waals surface area contributed by atoms with Crippen molar-refractivity contribution >= 4 is 5.69 Å². The minimum absolute atomic E-state index is 0.953. The summed E-state index contributed by atoms with van der Waals surface area (Å²) in [5.41, 5.74) is 5.84. The number of anilines is 1. The predicted octanol–water partition coefficient (Wildman–Crippen LogP) is 4.02. The molecule has 0 fully saturated rings. The molecule has 0 radical (unpaired) electrons. The zero-order valence-electron chi connectivity index (χ0n) is 11.4. The van der Waals surface area contributed by atoms with E-state index in [2.05, 4.69) is 55.6 Å². The summed E-state index contributed by atoms with van der Waals surface area (Å²) in [7, 11) is 3.65. The van der Waals surface area contributed by atoms with E-state index in [0.717, 1.165) is 17.0 Å². The van der Waals surface area contributed by atoms with Crippen LogP contribution in [-0.2, 0) is 0 Å². The fourth-order valence-corrected chi connectivity index (χ4v) is 2.28. The molecule has 0 aliphatic rings. The van der Waals surface area contributed by atoms with Crippen molar-refractivity contribution in [3.63, 3.8) is 0 Å². The molecule has 94 valence electrons. The standard InChI is InChI=1S/C16H19NO/c1-11-8-12(2)16(18-4)15(9-11)13-6-5-7-14(10-13)17-3/h5-10,17H,1-4H3. The average Bonchev–Trinajstić information content (AvgIpc) is 2.38. The quantitative estimate of drug-likeness (QED) is 0.876. The number of aryl methyl sites for hydroxylation is 2. The van der Waals surface area contributed by atoms with Crippen LogP contribution in [-0.4, -0.2) is 14.2 Å². The van der Waals surface area contributed by atoms with Crippen molar-refractivity contribution in [1.82, 2.24) is 0 Å². The Bertz CT molecular complexity index is 561. The van der Waals surface area contributed by atoms with Crippen molar-refractivity contribution in [3.05, 3.63) is 47.5 Å². The Hall–Kier alpha value is -1.96. The third kappa shape index (κ3) is 2.33. The lowest BCUT2D eigenvalue weighted by Crippen LogP contribution is -1.94. The van der Waals surface area contributed by atoms with Gasteiger partial charge in [-0.1, -0.05) is 18.2 Å². The van der Waals surface area contributed by atoms with E-state index in [1.807, 2.05) is 7.05 Å². The number of hydrogen-bond acceptors (Lipinski definition) is 2. The summed E-state index contributed by atoms with van der Waals surface area (Å²) in [5, 5.41) is 3.16. The molecule has 0 aromatic heterocycles. The highest BCUT2D eigenvalue weighted by Gasteiger charge is 2.09. The first-order chi connectivity index (χ1) is 8.65. The minimum Gasteiger partial charge on any atom is -0.496 e. The molecule has 2 rings (SSSR count). The first-order valence-electron chi connectivity index (χ1n) is 6.09. The summed E-state index contributed by atoms with van der Waals surface area (Å²) in [4.78, 5) is 0. The Morgan fingerprint density at radius 2 is 1.83 bits per heavy atom. The molecule has 0 aliphatic carbocycles. The summed E-state index contributed by atoms with van der Waals surface area (Å²) in [5.74, 6) is 0.953. The van der Waals surface area contributed by atoms with Crippen molar-refractivity contribution in [3.8, 4) is 16.9 Å². The molecule has 0 aliphatic heterocycles. The number of nitrogens with one attached hydrogen (secondary N) is 1. The highest BCUT2D eigenvalue weighted by Crippen LogP contribution is 2.34. The molecule has 1 N–H and O–H groups in total. The van der Waals surface area contributed by atoms with E-state index in [1.165, 1.54) is 16.7 Å². The van der Waals surface area contributed by atoms with Gasteiger partial charge in [0.1, 0.15) is 5.75 Å². The van der Waals surface area contributed by atoms with Crippen LogP contribution in [0.2, 0.25) is 0 Å². The van der Waals surface area contributed by atoms with Gasteiger partial charge in [0.15, 0.2) is 0 Å². The molecule has 0 spiro atoms. The fraction of sp³-hybridized carbons (Fsp3) is 0.250. The fourth-order valence-electron chi connectivity index (χ4n) is 2.28. The average molecular weight is 241 g/mol. The monoisotopic (exact) mass is 241 g/mol. The zero-order valence-corrected chi connectivity index (χ0v) is 11.4. The molecule has 0 bridgehead atoms. The van der Waals surface area contributed by atoms with Crippen LogP contribution >= 0.6 is 0 Å². The van der Waals surface area contributed by atoms with Gasteiger partial charge in [0.05, 0.1) is 7.11 Å². The van der Waals surface area contributed by atoms with Crippen LogP contribution in [0.5, 0.6) is 5.75 Å². The van der Waals surface area contributed by atoms with Gasteiger partial charge >= 0.3 is 0 Å². The van der Waals surface area contributed by atoms with Crippen molar-refractivity contribution in [1.29, 1.82) is 0 Å². The molecule has 2 aromatic rings. The minimum atomic E-state index is 0.953. The summed E-state index contributed by atoms with van der Waals surface area (Å²) in [6, 6.07) is 12.7. The van der Waals surface area contributed by atoms with Gasteiger partial charge in [0, 0.05) is 18.3 Å². The van der Waals surface area contributed by atoms with Gasteiger partial charge in [0.2, 0.25) is 0 Å². The Labute approximate surface area is 109 Å². The number of hydrogen-bond donors (Lipinski definition) is 1. The molecule has 0 unspecified atom stereocenters. The topological polar surface area (TPSA) is 21.3 Å². The zero-order chi connectivity index (χ0) is 13.1. The molecule has 18 heavy (non-hydrogen) atoms. The molecule has 2 heteroatoms. The van der Waals surface area contributed by atoms with E-state index in [0.29, 0.717) is 0 Å². The van der Waals surface area contributed by atoms with Gasteiger partial charge in [-0.15, -0.1) is 0 Å². The second-order valence-electron chi connectivity index (χ2n) is 4.49. The molecule has 0 heterocycles. The Morgan fingerprint density at radius 3 is 2.50 bits per heavy atom. The van der Waals surface area contributed by atoms with Gasteiger partial charge in [-0.3, -0.25) is 0 Å². The molecule has 2 aromatic carbocycles. The Kier molecular flexibility index (Phi) is 3.56. The summed E-state index contributed by atoms with van der Waals surface area (Å²) >= 11 is 0. The van der Waals surface area contributed by atoms with Crippen molar-refractivity contribution in [2.45, 2.75) is 13.8 Å². The van der Waals surface area contributed by atoms with Gasteiger partial charge in [-0.2, -0.15) is 0 Å². The largest absolute Gasteiger partial charge is 0.496 e. The number of rotatable bonds is 3. The number of benzene rings is 2. The maximum Gasteiger partial charge on any atom is 0.129 e. The Morgan fingerprint density at radius 1 is 1.06 bits per heavy atom. The second kappa shape index (κ2) is 5.13. The van der Waals surface area contributed by atoms with E-state index in [-0.39, 0.29) is 0 Å². The lowest BCUT2D eigenvalue weighted by Gasteiger charge is -2.14. The lowest BCUT2D eigenvalue weighted by atomic mass is 9.99. The van der Waals surface area contributed by atoms with Gasteiger partial charge in [0.25, 0.3) is 0 Å². The summed E-state index contributed by atoms with van der Waals surface area (Å²) in [6.07, 6.45) is 0. The van der Waals surface area contributed by atoms with Crippen LogP contribution in [0.1, 0.15) is 11.1 Å². The van der Waals surface area contributed by atoms with Crippen molar-refractivity contribution < 1.29 is 4.74 Å². The molecule has 2 nitrogen and oxygen atoms in total. The summed E-state index contributed by atoms with van der Waals surface area (Å²) in [6.45, 7) is 4.19. The van der Waals surface area contributed by atoms with Gasteiger partial charge in [-0.05, 0) is 48.7 Å². The smallest absolute Gasteiger partial charge is 0.129 e. The van der Waals surface area contributed by atoms with Crippen molar-refractivity contribution in [2.75, 3.05) is 19.5 Å². The molecule has 0 atom stereocenters. The van der Waals surface area contributed by atoms with Gasteiger partial charge < -0.3 is 10.1 Å². The van der Waals surface area contributed by atoms with Crippen LogP contribution in [0.3, 0.4) is 0 Å². The first kappa shape index (κ1) is 12.5. The maximum absolute atomic E-state index is 5.54. The molecular formula is C16H19NO. The highest BCUT2D eigenvalue weighted by atomic mass is 16.5. The molecule has 0 saturated heterocycles. The maximum atomic E-state index is 5.54. The van der Waals surface area contributed by atoms with E-state index < -0.39 is 0 Å². The van der Waals surface area contributed by atoms with E-state index in [1.54, 1.807) is 7.11 Å². The second-order valence-corrected chi connectivity index (χ2v) is 4.49. The molecule has 0 amide bonds. The van der Waals surface area contributed by atoms with Gasteiger partial charge in [-0.25, -0.2) is 0 Å². The van der Waals surface area contributed by atoms with Crippen molar-refractivity contribution in [2.24, 2.45) is 0 Å².